The third-order valence-electron chi connectivity index (χ3n) is 5.27. The second-order valence-electron chi connectivity index (χ2n) is 8.78. The fourth-order valence-electron chi connectivity index (χ4n) is 3.88. The maximum Gasteiger partial charge on any atom is 0.408 e. The van der Waals surface area contributed by atoms with E-state index in [2.05, 4.69) is 10.3 Å². The summed E-state index contributed by atoms with van der Waals surface area (Å²) in [5.41, 5.74) is -0.0369. The van der Waals surface area contributed by atoms with Crippen molar-refractivity contribution in [3.8, 4) is 0 Å². The molecule has 33 heavy (non-hydrogen) atoms. The summed E-state index contributed by atoms with van der Waals surface area (Å²) < 4.78 is 5.20. The number of hydrogen-bond acceptors (Lipinski definition) is 7. The van der Waals surface area contributed by atoms with Crippen LogP contribution in [0, 0.1) is 0 Å². The number of anilines is 1. The summed E-state index contributed by atoms with van der Waals surface area (Å²) >= 11 is 1.33. The number of β-lactam (4-membered cyclic amide) rings is 1. The summed E-state index contributed by atoms with van der Waals surface area (Å²) in [6.07, 6.45) is 2.88. The molecule has 0 unspecified atom stereocenters. The number of fused-ring (bicyclic) bond motifs is 1. The van der Waals surface area contributed by atoms with Gasteiger partial charge in [0.1, 0.15) is 28.5 Å². The number of ether oxygens (including phenoxy) is 1. The van der Waals surface area contributed by atoms with E-state index in [-0.39, 0.29) is 17.4 Å². The molecule has 2 atom stereocenters. The van der Waals surface area contributed by atoms with Crippen LogP contribution < -0.4 is 10.2 Å². The van der Waals surface area contributed by atoms with Crippen LogP contribution in [0.5, 0.6) is 0 Å². The number of hydrogen-bond donors (Lipinski definition) is 2. The number of carboxylic acid groups (broad SMARTS) is 1. The first-order valence-corrected chi connectivity index (χ1v) is 11.5. The van der Waals surface area contributed by atoms with E-state index >= 15 is 0 Å². The van der Waals surface area contributed by atoms with Gasteiger partial charge in [0, 0.05) is 24.1 Å². The van der Waals surface area contributed by atoms with Gasteiger partial charge < -0.3 is 15.2 Å². The Morgan fingerprint density at radius 3 is 2.70 bits per heavy atom. The molecular formula is C22H24N4O6S. The van der Waals surface area contributed by atoms with Crippen molar-refractivity contribution in [3.63, 3.8) is 0 Å². The van der Waals surface area contributed by atoms with E-state index in [4.69, 9.17) is 4.74 Å². The lowest BCUT2D eigenvalue weighted by atomic mass is 10.0. The highest BCUT2D eigenvalue weighted by Gasteiger charge is 2.54. The molecule has 3 amide bonds. The Morgan fingerprint density at radius 1 is 1.30 bits per heavy atom. The molecular weight excluding hydrogens is 448 g/mol. The monoisotopic (exact) mass is 472 g/mol. The number of amides is 3. The molecule has 4 heterocycles. The van der Waals surface area contributed by atoms with Gasteiger partial charge in [-0.3, -0.25) is 19.4 Å². The number of carbonyl (C=O) groups excluding carboxylic acids is 3. The Balaban J connectivity index is 1.54. The second kappa shape index (κ2) is 8.54. The highest BCUT2D eigenvalue weighted by molar-refractivity contribution is 8.00. The van der Waals surface area contributed by atoms with Crippen molar-refractivity contribution in [3.05, 3.63) is 47.3 Å². The molecule has 1 aromatic heterocycles. The molecule has 0 aromatic carbocycles. The number of thioether (sulfide) groups is 1. The van der Waals surface area contributed by atoms with Crippen molar-refractivity contribution in [2.75, 3.05) is 17.2 Å². The van der Waals surface area contributed by atoms with Gasteiger partial charge in [-0.05, 0) is 51.0 Å². The van der Waals surface area contributed by atoms with Crippen LogP contribution in [-0.2, 0) is 19.1 Å². The van der Waals surface area contributed by atoms with Crippen LogP contribution in [0.1, 0.15) is 27.2 Å². The number of pyridine rings is 1. The first-order valence-electron chi connectivity index (χ1n) is 10.4. The van der Waals surface area contributed by atoms with Gasteiger partial charge in [-0.2, -0.15) is 0 Å². The fraction of sp³-hybridized carbons (Fsp3) is 0.409. The van der Waals surface area contributed by atoms with Gasteiger partial charge in [-0.25, -0.2) is 14.6 Å². The molecule has 2 N–H and O–H groups in total. The quantitative estimate of drug-likeness (QED) is 0.502. The average Bonchev–Trinajstić information content (AvgIpc) is 3.11. The van der Waals surface area contributed by atoms with Gasteiger partial charge in [-0.1, -0.05) is 6.07 Å². The summed E-state index contributed by atoms with van der Waals surface area (Å²) in [7, 11) is 0. The van der Waals surface area contributed by atoms with Gasteiger partial charge in [0.15, 0.2) is 0 Å². The standard InChI is InChI=1S/C22H24N4O6S/c1-22(2,3)32-21(31)24-15-18(28)26-16(20(29)30)13(11-33-19(15)26)10-12-7-9-25(17(12)27)14-6-4-5-8-23-14/h4-6,8,10,15,19H,7,9,11H2,1-3H3,(H,24,31)(H,29,30)/b12-10+/t15-,19-/m1/s1. The van der Waals surface area contributed by atoms with Gasteiger partial charge in [0.2, 0.25) is 0 Å². The van der Waals surface area contributed by atoms with E-state index in [0.29, 0.717) is 29.9 Å². The van der Waals surface area contributed by atoms with Gasteiger partial charge in [-0.15, -0.1) is 11.8 Å². The molecule has 3 aliphatic heterocycles. The molecule has 0 radical (unpaired) electrons. The molecule has 0 spiro atoms. The van der Waals surface area contributed by atoms with Gasteiger partial charge in [0.25, 0.3) is 11.8 Å². The van der Waals surface area contributed by atoms with Crippen LogP contribution in [0.4, 0.5) is 10.6 Å². The summed E-state index contributed by atoms with van der Waals surface area (Å²) in [4.78, 5) is 56.6. The summed E-state index contributed by atoms with van der Waals surface area (Å²) in [5.74, 6) is -1.21. The lowest BCUT2D eigenvalue weighted by Gasteiger charge is -2.49. The number of nitrogens with one attached hydrogen (secondary N) is 1. The molecule has 10 nitrogen and oxygen atoms in total. The van der Waals surface area contributed by atoms with E-state index < -0.39 is 35.0 Å². The third kappa shape index (κ3) is 4.45. The first-order chi connectivity index (χ1) is 15.6. The molecule has 3 aliphatic rings. The number of aromatic nitrogens is 1. The van der Waals surface area contributed by atoms with Crippen LogP contribution in [0.3, 0.4) is 0 Å². The molecule has 0 saturated carbocycles. The van der Waals surface area contributed by atoms with E-state index in [0.717, 1.165) is 0 Å². The van der Waals surface area contributed by atoms with Gasteiger partial charge >= 0.3 is 12.1 Å². The van der Waals surface area contributed by atoms with Crippen LogP contribution in [-0.4, -0.2) is 68.2 Å². The Kier molecular flexibility index (Phi) is 5.91. The van der Waals surface area contributed by atoms with Crippen LogP contribution in [0.15, 0.2) is 47.3 Å². The molecule has 2 fully saturated rings. The van der Waals surface area contributed by atoms with E-state index in [9.17, 15) is 24.3 Å². The van der Waals surface area contributed by atoms with Crippen molar-refractivity contribution >= 4 is 41.5 Å². The Hall–Kier alpha value is -3.34. The van der Waals surface area contributed by atoms with Crippen LogP contribution in [0.25, 0.3) is 0 Å². The number of carboxylic acids is 1. The minimum atomic E-state index is -1.26. The number of alkyl carbamates (subject to hydrolysis) is 1. The Labute approximate surface area is 194 Å². The minimum Gasteiger partial charge on any atom is -0.477 e. The summed E-state index contributed by atoms with van der Waals surface area (Å²) in [6, 6.07) is 4.41. The molecule has 0 aliphatic carbocycles. The van der Waals surface area contributed by atoms with Crippen LogP contribution in [0.2, 0.25) is 0 Å². The van der Waals surface area contributed by atoms with Crippen molar-refractivity contribution in [2.45, 2.75) is 44.2 Å². The maximum absolute atomic E-state index is 12.9. The van der Waals surface area contributed by atoms with Crippen molar-refractivity contribution in [1.82, 2.24) is 15.2 Å². The summed E-state index contributed by atoms with van der Waals surface area (Å²) in [5, 5.41) is 11.8. The third-order valence-corrected chi connectivity index (χ3v) is 6.57. The van der Waals surface area contributed by atoms with Crippen molar-refractivity contribution in [1.29, 1.82) is 0 Å². The number of nitrogens with zero attached hydrogens (tertiary/aromatic N) is 3. The zero-order chi connectivity index (χ0) is 23.9. The lowest BCUT2D eigenvalue weighted by Crippen LogP contribution is -2.70. The van der Waals surface area contributed by atoms with Gasteiger partial charge in [0.05, 0.1) is 0 Å². The number of carbonyl (C=O) groups is 4. The first kappa shape index (κ1) is 22.8. The number of allylic oxidation sites excluding steroid dienone is 1. The molecule has 11 heteroatoms. The largest absolute Gasteiger partial charge is 0.477 e. The molecule has 0 bridgehead atoms. The summed E-state index contributed by atoms with van der Waals surface area (Å²) in [6.45, 7) is 5.57. The van der Waals surface area contributed by atoms with Crippen molar-refractivity contribution in [2.24, 2.45) is 0 Å². The number of rotatable bonds is 4. The molecule has 174 valence electrons. The Bertz CT molecular complexity index is 1080. The zero-order valence-electron chi connectivity index (χ0n) is 18.4. The molecule has 2 saturated heterocycles. The van der Waals surface area contributed by atoms with Crippen LogP contribution >= 0.6 is 11.8 Å². The second-order valence-corrected chi connectivity index (χ2v) is 9.88. The predicted molar refractivity (Wildman–Crippen MR) is 120 cm³/mol. The number of aliphatic carboxylic acids is 1. The maximum atomic E-state index is 12.9. The minimum absolute atomic E-state index is 0.164. The molecule has 1 aromatic rings. The SMILES string of the molecule is CC(C)(C)OC(=O)N[C@@H]1C(=O)N2C(C(=O)O)=C(/C=C3\CCN(c4ccccn4)C3=O)CS[C@H]12. The molecule has 4 rings (SSSR count). The highest BCUT2D eigenvalue weighted by Crippen LogP contribution is 2.41. The van der Waals surface area contributed by atoms with Crippen molar-refractivity contribution < 1.29 is 29.0 Å². The predicted octanol–water partition coefficient (Wildman–Crippen LogP) is 1.89. The smallest absolute Gasteiger partial charge is 0.408 e. The average molecular weight is 473 g/mol. The van der Waals surface area contributed by atoms with E-state index in [1.54, 1.807) is 56.1 Å². The highest BCUT2D eigenvalue weighted by atomic mass is 32.2. The topological polar surface area (TPSA) is 129 Å². The van der Waals surface area contributed by atoms with E-state index in [1.165, 1.54) is 16.7 Å². The normalized spacial score (nSPS) is 24.0. The fourth-order valence-corrected chi connectivity index (χ4v) is 5.18. The lowest BCUT2D eigenvalue weighted by molar-refractivity contribution is -0.149. The van der Waals surface area contributed by atoms with E-state index in [1.807, 2.05) is 0 Å². The zero-order valence-corrected chi connectivity index (χ0v) is 19.2. The Morgan fingerprint density at radius 2 is 2.06 bits per heavy atom.